The number of fused-ring (bicyclic) bond motifs is 6. The molecule has 0 aliphatic carbocycles. The van der Waals surface area contributed by atoms with Gasteiger partial charge in [0.05, 0.1) is 33.4 Å². The lowest BCUT2D eigenvalue weighted by atomic mass is 9.93. The molecule has 56 heavy (non-hydrogen) atoms. The maximum atomic E-state index is 4.98. The molecule has 0 aliphatic rings. The van der Waals surface area contributed by atoms with Crippen LogP contribution in [-0.2, 0) is 0 Å². The van der Waals surface area contributed by atoms with Crippen molar-refractivity contribution in [3.05, 3.63) is 206 Å². The van der Waals surface area contributed by atoms with E-state index in [1.54, 1.807) is 0 Å². The van der Waals surface area contributed by atoms with Crippen molar-refractivity contribution < 1.29 is 0 Å². The fourth-order valence-electron chi connectivity index (χ4n) is 8.52. The average molecular weight is 715 g/mol. The van der Waals surface area contributed by atoms with Gasteiger partial charge in [-0.3, -0.25) is 0 Å². The van der Waals surface area contributed by atoms with Gasteiger partial charge in [0.25, 0.3) is 0 Å². The molecule has 0 amide bonds. The van der Waals surface area contributed by atoms with Crippen LogP contribution < -0.4 is 0 Å². The van der Waals surface area contributed by atoms with Gasteiger partial charge in [0.1, 0.15) is 0 Å². The Hall–Kier alpha value is -7.56. The Labute approximate surface area is 324 Å². The summed E-state index contributed by atoms with van der Waals surface area (Å²) in [5, 5.41) is 4.92. The van der Waals surface area contributed by atoms with Crippen molar-refractivity contribution in [2.45, 2.75) is 0 Å². The molecule has 0 radical (unpaired) electrons. The third-order valence-electron chi connectivity index (χ3n) is 11.0. The minimum Gasteiger partial charge on any atom is -0.309 e. The molecule has 0 unspecified atom stereocenters. The lowest BCUT2D eigenvalue weighted by Gasteiger charge is -2.17. The van der Waals surface area contributed by atoms with Gasteiger partial charge >= 0.3 is 0 Å². The van der Waals surface area contributed by atoms with Gasteiger partial charge in [0, 0.05) is 50.1 Å². The minimum absolute atomic E-state index is 0.705. The molecule has 0 bridgehead atoms. The van der Waals surface area contributed by atoms with Gasteiger partial charge in [-0.25, -0.2) is 9.97 Å². The molecular formula is C52H34N4. The largest absolute Gasteiger partial charge is 0.309 e. The molecular weight excluding hydrogens is 681 g/mol. The Morgan fingerprint density at radius 1 is 0.357 bits per heavy atom. The SMILES string of the molecule is c1ccc(-c2ccnc(-c3cccc(-c4cccc(-c5c(-n6c7ccccc7c7ccccc76)ccc6c5c5ccccc5n6-c5ccccc5)c4)c3)n2)cc1. The molecule has 0 saturated carbocycles. The molecule has 4 heteroatoms. The highest BCUT2D eigenvalue weighted by Gasteiger charge is 2.22. The fourth-order valence-corrected chi connectivity index (χ4v) is 8.52. The van der Waals surface area contributed by atoms with Gasteiger partial charge in [-0.1, -0.05) is 140 Å². The van der Waals surface area contributed by atoms with Crippen LogP contribution in [-0.4, -0.2) is 19.1 Å². The van der Waals surface area contributed by atoms with E-state index in [4.69, 9.17) is 9.97 Å². The molecule has 0 saturated heterocycles. The Bertz CT molecular complexity index is 3190. The van der Waals surface area contributed by atoms with Crippen LogP contribution >= 0.6 is 0 Å². The van der Waals surface area contributed by atoms with Crippen LogP contribution in [0.3, 0.4) is 0 Å². The summed E-state index contributed by atoms with van der Waals surface area (Å²) in [5.41, 5.74) is 14.5. The Morgan fingerprint density at radius 2 is 0.893 bits per heavy atom. The zero-order chi connectivity index (χ0) is 37.0. The van der Waals surface area contributed by atoms with Crippen molar-refractivity contribution in [1.29, 1.82) is 0 Å². The zero-order valence-electron chi connectivity index (χ0n) is 30.4. The van der Waals surface area contributed by atoms with Gasteiger partial charge in [-0.05, 0) is 77.4 Å². The van der Waals surface area contributed by atoms with Gasteiger partial charge in [0.15, 0.2) is 5.82 Å². The highest BCUT2D eigenvalue weighted by Crippen LogP contribution is 2.45. The van der Waals surface area contributed by atoms with Crippen molar-refractivity contribution in [2.24, 2.45) is 0 Å². The molecule has 11 aromatic rings. The van der Waals surface area contributed by atoms with E-state index >= 15 is 0 Å². The number of hydrogen-bond donors (Lipinski definition) is 0. The quantitative estimate of drug-likeness (QED) is 0.172. The summed E-state index contributed by atoms with van der Waals surface area (Å²) in [6.07, 6.45) is 1.85. The first-order valence-corrected chi connectivity index (χ1v) is 19.0. The lowest BCUT2D eigenvalue weighted by Crippen LogP contribution is -1.99. The van der Waals surface area contributed by atoms with Crippen molar-refractivity contribution in [3.63, 3.8) is 0 Å². The molecule has 3 aromatic heterocycles. The van der Waals surface area contributed by atoms with Gasteiger partial charge < -0.3 is 9.13 Å². The highest BCUT2D eigenvalue weighted by molar-refractivity contribution is 6.19. The van der Waals surface area contributed by atoms with E-state index in [1.807, 2.05) is 30.5 Å². The Balaban J connectivity index is 1.16. The van der Waals surface area contributed by atoms with Crippen molar-refractivity contribution in [3.8, 4) is 56.3 Å². The second kappa shape index (κ2) is 13.1. The van der Waals surface area contributed by atoms with E-state index < -0.39 is 0 Å². The molecule has 8 aromatic carbocycles. The first-order chi connectivity index (χ1) is 27.8. The van der Waals surface area contributed by atoms with Crippen LogP contribution in [0, 0.1) is 0 Å². The van der Waals surface area contributed by atoms with E-state index in [2.05, 4.69) is 185 Å². The highest BCUT2D eigenvalue weighted by atomic mass is 15.0. The lowest BCUT2D eigenvalue weighted by molar-refractivity contribution is 1.17. The summed E-state index contributed by atoms with van der Waals surface area (Å²) in [6.45, 7) is 0. The predicted octanol–water partition coefficient (Wildman–Crippen LogP) is 13.3. The molecule has 0 spiro atoms. The van der Waals surface area contributed by atoms with Crippen LogP contribution in [0.5, 0.6) is 0 Å². The normalized spacial score (nSPS) is 11.6. The minimum atomic E-state index is 0.705. The maximum absolute atomic E-state index is 4.98. The summed E-state index contributed by atoms with van der Waals surface area (Å²) in [4.78, 5) is 9.68. The molecule has 0 fully saturated rings. The number of rotatable bonds is 6. The van der Waals surface area contributed by atoms with Crippen LogP contribution in [0.25, 0.3) is 99.9 Å². The summed E-state index contributed by atoms with van der Waals surface area (Å²) in [7, 11) is 0. The van der Waals surface area contributed by atoms with E-state index in [0.717, 1.165) is 44.9 Å². The maximum Gasteiger partial charge on any atom is 0.159 e. The number of nitrogens with zero attached hydrogens (tertiary/aromatic N) is 4. The molecule has 11 rings (SSSR count). The zero-order valence-corrected chi connectivity index (χ0v) is 30.4. The van der Waals surface area contributed by atoms with Crippen LogP contribution in [0.15, 0.2) is 206 Å². The Morgan fingerprint density at radius 3 is 1.59 bits per heavy atom. The third kappa shape index (κ3) is 5.15. The number of para-hydroxylation sites is 4. The monoisotopic (exact) mass is 714 g/mol. The van der Waals surface area contributed by atoms with Gasteiger partial charge in [-0.2, -0.15) is 0 Å². The Kier molecular flexibility index (Phi) is 7.46. The summed E-state index contributed by atoms with van der Waals surface area (Å²) >= 11 is 0. The first kappa shape index (κ1) is 31.9. The van der Waals surface area contributed by atoms with E-state index in [9.17, 15) is 0 Å². The van der Waals surface area contributed by atoms with Crippen molar-refractivity contribution in [2.75, 3.05) is 0 Å². The van der Waals surface area contributed by atoms with Crippen LogP contribution in [0.1, 0.15) is 0 Å². The molecule has 4 nitrogen and oxygen atoms in total. The van der Waals surface area contributed by atoms with Crippen molar-refractivity contribution >= 4 is 43.6 Å². The topological polar surface area (TPSA) is 35.6 Å². The molecule has 0 atom stereocenters. The standard InChI is InChI=1S/C52H34N4/c1-3-15-35(16-4-1)44-31-32-53-52(54-44)39-20-14-18-37(34-39)36-17-13-19-38(33-36)50-48(56-45-26-10-7-23-41(45)42-24-8-11-27-46(42)56)29-30-49-51(50)43-25-9-12-28-47(43)55(49)40-21-5-2-6-22-40/h1-34H. The molecule has 0 aliphatic heterocycles. The second-order valence-corrected chi connectivity index (χ2v) is 14.2. The van der Waals surface area contributed by atoms with Gasteiger partial charge in [0.2, 0.25) is 0 Å². The smallest absolute Gasteiger partial charge is 0.159 e. The van der Waals surface area contributed by atoms with E-state index in [0.29, 0.717) is 5.82 Å². The van der Waals surface area contributed by atoms with Crippen LogP contribution in [0.4, 0.5) is 0 Å². The summed E-state index contributed by atoms with van der Waals surface area (Å²) in [6, 6.07) is 71.5. The fraction of sp³-hybridized carbons (Fsp3) is 0. The van der Waals surface area contributed by atoms with Crippen LogP contribution in [0.2, 0.25) is 0 Å². The number of hydrogen-bond acceptors (Lipinski definition) is 2. The van der Waals surface area contributed by atoms with E-state index in [1.165, 1.54) is 49.2 Å². The second-order valence-electron chi connectivity index (χ2n) is 14.2. The molecule has 262 valence electrons. The van der Waals surface area contributed by atoms with Gasteiger partial charge in [-0.15, -0.1) is 0 Å². The summed E-state index contributed by atoms with van der Waals surface area (Å²) in [5.74, 6) is 0.705. The third-order valence-corrected chi connectivity index (χ3v) is 11.0. The number of aromatic nitrogens is 4. The number of benzene rings is 8. The first-order valence-electron chi connectivity index (χ1n) is 19.0. The molecule has 3 heterocycles. The molecule has 0 N–H and O–H groups in total. The summed E-state index contributed by atoms with van der Waals surface area (Å²) < 4.78 is 4.86. The average Bonchev–Trinajstić information content (AvgIpc) is 3.80. The predicted molar refractivity (Wildman–Crippen MR) is 232 cm³/mol. The van der Waals surface area contributed by atoms with Crippen molar-refractivity contribution in [1.82, 2.24) is 19.1 Å². The van der Waals surface area contributed by atoms with E-state index in [-0.39, 0.29) is 0 Å².